The summed E-state index contributed by atoms with van der Waals surface area (Å²) in [4.78, 5) is 17.5. The summed E-state index contributed by atoms with van der Waals surface area (Å²) in [5.74, 6) is 0.683. The Labute approximate surface area is 88.0 Å². The highest BCUT2D eigenvalue weighted by molar-refractivity contribution is 7.51. The van der Waals surface area contributed by atoms with Crippen molar-refractivity contribution in [2.75, 3.05) is 13.3 Å². The Hall–Kier alpha value is -0.870. The minimum Gasteiger partial charge on any atom is -0.497 e. The molecular weight excluding hydrogens is 217 g/mol. The van der Waals surface area contributed by atoms with Gasteiger partial charge >= 0.3 is 7.60 Å². The van der Waals surface area contributed by atoms with E-state index in [0.717, 1.165) is 0 Å². The molecule has 1 atom stereocenters. The summed E-state index contributed by atoms with van der Waals surface area (Å²) in [5.41, 5.74) is 6.32. The Balaban J connectivity index is 2.74. The first-order chi connectivity index (χ1) is 6.92. The van der Waals surface area contributed by atoms with Gasteiger partial charge in [0.25, 0.3) is 0 Å². The zero-order valence-corrected chi connectivity index (χ0v) is 9.22. The maximum atomic E-state index is 10.7. The standard InChI is InChI=1S/C9H14NO4P/c1-14-8-4-2-7(3-5-8)9(10)6-15(11,12)13/h2-5,9H,6,10H2,1H3,(H2,11,12,13). The molecule has 1 rings (SSSR count). The van der Waals surface area contributed by atoms with Crippen LogP contribution >= 0.6 is 7.60 Å². The van der Waals surface area contributed by atoms with Crippen molar-refractivity contribution in [2.24, 2.45) is 5.73 Å². The first-order valence-electron chi connectivity index (χ1n) is 4.36. The fraction of sp³-hybridized carbons (Fsp3) is 0.333. The molecule has 0 aliphatic heterocycles. The van der Waals surface area contributed by atoms with E-state index < -0.39 is 13.6 Å². The molecule has 1 unspecified atom stereocenters. The van der Waals surface area contributed by atoms with Crippen LogP contribution in [0, 0.1) is 0 Å². The van der Waals surface area contributed by atoms with Crippen molar-refractivity contribution in [2.45, 2.75) is 6.04 Å². The molecule has 0 aliphatic rings. The van der Waals surface area contributed by atoms with E-state index in [2.05, 4.69) is 0 Å². The van der Waals surface area contributed by atoms with E-state index in [4.69, 9.17) is 20.3 Å². The largest absolute Gasteiger partial charge is 0.497 e. The molecule has 0 saturated heterocycles. The monoisotopic (exact) mass is 231 g/mol. The molecule has 15 heavy (non-hydrogen) atoms. The zero-order chi connectivity index (χ0) is 11.5. The van der Waals surface area contributed by atoms with Gasteiger partial charge in [-0.1, -0.05) is 12.1 Å². The first kappa shape index (κ1) is 12.2. The highest BCUT2D eigenvalue weighted by Gasteiger charge is 2.19. The Morgan fingerprint density at radius 2 is 1.93 bits per heavy atom. The quantitative estimate of drug-likeness (QED) is 0.668. The minimum absolute atomic E-state index is 0.348. The molecule has 0 amide bonds. The molecule has 0 aromatic heterocycles. The third kappa shape index (κ3) is 4.01. The van der Waals surface area contributed by atoms with Gasteiger partial charge in [-0.15, -0.1) is 0 Å². The molecule has 84 valence electrons. The number of methoxy groups -OCH3 is 1. The third-order valence-corrected chi connectivity index (χ3v) is 2.85. The zero-order valence-electron chi connectivity index (χ0n) is 8.33. The lowest BCUT2D eigenvalue weighted by Gasteiger charge is -2.13. The van der Waals surface area contributed by atoms with Gasteiger partial charge in [0, 0.05) is 6.04 Å². The Bertz CT molecular complexity index is 359. The van der Waals surface area contributed by atoms with E-state index in [1.165, 1.54) is 0 Å². The second-order valence-corrected chi connectivity index (χ2v) is 4.92. The maximum absolute atomic E-state index is 10.7. The summed E-state index contributed by atoms with van der Waals surface area (Å²) in [7, 11) is -2.52. The predicted molar refractivity (Wildman–Crippen MR) is 56.8 cm³/mol. The predicted octanol–water partition coefficient (Wildman–Crippen LogP) is 0.873. The summed E-state index contributed by atoms with van der Waals surface area (Å²) in [5, 5.41) is 0. The molecule has 0 bridgehead atoms. The topological polar surface area (TPSA) is 92.8 Å². The van der Waals surface area contributed by atoms with Gasteiger partial charge in [0.2, 0.25) is 0 Å². The molecule has 4 N–H and O–H groups in total. The molecule has 0 radical (unpaired) electrons. The Kier molecular flexibility index (Phi) is 3.88. The molecule has 5 nitrogen and oxygen atoms in total. The van der Waals surface area contributed by atoms with Crippen LogP contribution in [0.1, 0.15) is 11.6 Å². The van der Waals surface area contributed by atoms with Crippen LogP contribution in [0.4, 0.5) is 0 Å². The van der Waals surface area contributed by atoms with Crippen LogP contribution in [0.25, 0.3) is 0 Å². The van der Waals surface area contributed by atoms with E-state index in [9.17, 15) is 4.57 Å². The van der Waals surface area contributed by atoms with E-state index >= 15 is 0 Å². The van der Waals surface area contributed by atoms with Crippen molar-refractivity contribution in [3.05, 3.63) is 29.8 Å². The Morgan fingerprint density at radius 3 is 2.33 bits per heavy atom. The second-order valence-electron chi connectivity index (χ2n) is 3.23. The summed E-state index contributed by atoms with van der Waals surface area (Å²) in [6.07, 6.45) is -0.348. The molecule has 1 aromatic carbocycles. The lowest BCUT2D eigenvalue weighted by molar-refractivity contribution is 0.369. The van der Waals surface area contributed by atoms with Gasteiger partial charge in [-0.2, -0.15) is 0 Å². The first-order valence-corrected chi connectivity index (χ1v) is 6.16. The molecule has 0 saturated carbocycles. The molecule has 0 heterocycles. The smallest absolute Gasteiger partial charge is 0.327 e. The molecule has 0 aliphatic carbocycles. The van der Waals surface area contributed by atoms with Crippen LogP contribution in [-0.4, -0.2) is 23.1 Å². The van der Waals surface area contributed by atoms with Crippen molar-refractivity contribution in [1.82, 2.24) is 0 Å². The van der Waals surface area contributed by atoms with Gasteiger partial charge in [0.1, 0.15) is 5.75 Å². The fourth-order valence-corrected chi connectivity index (χ4v) is 1.94. The fourth-order valence-electron chi connectivity index (χ4n) is 1.21. The van der Waals surface area contributed by atoms with Gasteiger partial charge in [-0.25, -0.2) is 0 Å². The van der Waals surface area contributed by atoms with Gasteiger partial charge in [-0.3, -0.25) is 4.57 Å². The van der Waals surface area contributed by atoms with Gasteiger partial charge in [0.15, 0.2) is 0 Å². The lowest BCUT2D eigenvalue weighted by atomic mass is 10.1. The van der Waals surface area contributed by atoms with Crippen molar-refractivity contribution in [3.8, 4) is 5.75 Å². The van der Waals surface area contributed by atoms with E-state index in [1.807, 2.05) is 0 Å². The second kappa shape index (κ2) is 4.77. The van der Waals surface area contributed by atoms with Gasteiger partial charge in [0.05, 0.1) is 13.3 Å². The van der Waals surface area contributed by atoms with Crippen molar-refractivity contribution in [1.29, 1.82) is 0 Å². The van der Waals surface area contributed by atoms with Crippen molar-refractivity contribution < 1.29 is 19.1 Å². The lowest BCUT2D eigenvalue weighted by Crippen LogP contribution is -2.14. The number of rotatable bonds is 4. The van der Waals surface area contributed by atoms with Crippen LogP contribution in [0.15, 0.2) is 24.3 Å². The van der Waals surface area contributed by atoms with Crippen LogP contribution in [-0.2, 0) is 4.57 Å². The minimum atomic E-state index is -4.06. The number of nitrogens with two attached hydrogens (primary N) is 1. The number of hydrogen-bond donors (Lipinski definition) is 3. The third-order valence-electron chi connectivity index (χ3n) is 1.98. The number of benzene rings is 1. The van der Waals surface area contributed by atoms with Crippen LogP contribution in [0.5, 0.6) is 5.75 Å². The average molecular weight is 231 g/mol. The normalized spacial score (nSPS) is 13.6. The molecular formula is C9H14NO4P. The van der Waals surface area contributed by atoms with Crippen LogP contribution < -0.4 is 10.5 Å². The highest BCUT2D eigenvalue weighted by Crippen LogP contribution is 2.38. The van der Waals surface area contributed by atoms with E-state index in [1.54, 1.807) is 31.4 Å². The maximum Gasteiger partial charge on any atom is 0.327 e. The number of hydrogen-bond acceptors (Lipinski definition) is 3. The summed E-state index contributed by atoms with van der Waals surface area (Å²) < 4.78 is 15.7. The number of ether oxygens (including phenoxy) is 1. The summed E-state index contributed by atoms with van der Waals surface area (Å²) >= 11 is 0. The molecule has 6 heteroatoms. The Morgan fingerprint density at radius 1 is 1.40 bits per heavy atom. The van der Waals surface area contributed by atoms with Crippen LogP contribution in [0.3, 0.4) is 0 Å². The van der Waals surface area contributed by atoms with Crippen molar-refractivity contribution >= 4 is 7.60 Å². The highest BCUT2D eigenvalue weighted by atomic mass is 31.2. The SMILES string of the molecule is COc1ccc(C(N)CP(=O)(O)O)cc1. The van der Waals surface area contributed by atoms with Gasteiger partial charge < -0.3 is 20.3 Å². The van der Waals surface area contributed by atoms with Crippen molar-refractivity contribution in [3.63, 3.8) is 0 Å². The summed E-state index contributed by atoms with van der Waals surface area (Å²) in [6, 6.07) is 6.14. The summed E-state index contributed by atoms with van der Waals surface area (Å²) in [6.45, 7) is 0. The van der Waals surface area contributed by atoms with Gasteiger partial charge in [-0.05, 0) is 17.7 Å². The molecule has 0 fully saturated rings. The molecule has 0 spiro atoms. The van der Waals surface area contributed by atoms with Crippen LogP contribution in [0.2, 0.25) is 0 Å². The van der Waals surface area contributed by atoms with E-state index in [0.29, 0.717) is 11.3 Å². The average Bonchev–Trinajstić information content (AvgIpc) is 2.15. The molecule has 1 aromatic rings. The van der Waals surface area contributed by atoms with E-state index in [-0.39, 0.29) is 6.16 Å².